The molecule has 1 aromatic heterocycles. The Morgan fingerprint density at radius 2 is 2.00 bits per heavy atom. The van der Waals surface area contributed by atoms with E-state index < -0.39 is 28.3 Å². The molecule has 3 aromatic rings. The standard InChI is InChI=1S/C17H14N2O5/c1-10(16-9-11-4-2-3-5-15(11)24-16)18-17(21)12-6-7-13(19(22)23)14(20)8-12/h2-10,20H,1H3,(H,18,21)/t10-/m1/s1. The van der Waals surface area contributed by atoms with E-state index in [1.54, 1.807) is 6.92 Å². The first-order valence-electron chi connectivity index (χ1n) is 7.22. The van der Waals surface area contributed by atoms with Gasteiger partial charge in [-0.15, -0.1) is 0 Å². The topological polar surface area (TPSA) is 106 Å². The number of nitrogens with zero attached hydrogens (tertiary/aromatic N) is 1. The van der Waals surface area contributed by atoms with Crippen molar-refractivity contribution in [3.63, 3.8) is 0 Å². The van der Waals surface area contributed by atoms with E-state index in [-0.39, 0.29) is 5.56 Å². The first-order valence-corrected chi connectivity index (χ1v) is 7.22. The van der Waals surface area contributed by atoms with Crippen molar-refractivity contribution in [2.75, 3.05) is 0 Å². The Labute approximate surface area is 136 Å². The molecule has 1 atom stereocenters. The molecule has 0 radical (unpaired) electrons. The summed E-state index contributed by atoms with van der Waals surface area (Å²) in [7, 11) is 0. The molecule has 0 aliphatic rings. The lowest BCUT2D eigenvalue weighted by Gasteiger charge is -2.11. The number of nitro benzene ring substituents is 1. The molecule has 0 bridgehead atoms. The molecule has 0 saturated carbocycles. The van der Waals surface area contributed by atoms with Gasteiger partial charge >= 0.3 is 5.69 Å². The molecule has 0 aliphatic carbocycles. The highest BCUT2D eigenvalue weighted by Gasteiger charge is 2.19. The minimum atomic E-state index is -0.714. The minimum Gasteiger partial charge on any atom is -0.502 e. The van der Waals surface area contributed by atoms with Crippen LogP contribution in [0.15, 0.2) is 52.9 Å². The summed E-state index contributed by atoms with van der Waals surface area (Å²) in [6.45, 7) is 1.76. The largest absolute Gasteiger partial charge is 0.502 e. The summed E-state index contributed by atoms with van der Waals surface area (Å²) < 4.78 is 5.69. The van der Waals surface area contributed by atoms with E-state index in [0.29, 0.717) is 5.76 Å². The van der Waals surface area contributed by atoms with Crippen molar-refractivity contribution in [3.05, 3.63) is 70.0 Å². The molecule has 2 N–H and O–H groups in total. The van der Waals surface area contributed by atoms with E-state index in [1.165, 1.54) is 6.07 Å². The number of carbonyl (C=O) groups is 1. The SMILES string of the molecule is C[C@@H](NC(=O)c1ccc([N+](=O)[O-])c(O)c1)c1cc2ccccc2o1. The molecular weight excluding hydrogens is 312 g/mol. The fourth-order valence-electron chi connectivity index (χ4n) is 2.39. The lowest BCUT2D eigenvalue weighted by molar-refractivity contribution is -0.385. The summed E-state index contributed by atoms with van der Waals surface area (Å²) in [6.07, 6.45) is 0. The molecule has 1 heterocycles. The number of fused-ring (bicyclic) bond motifs is 1. The number of carbonyl (C=O) groups excluding carboxylic acids is 1. The van der Waals surface area contributed by atoms with Crippen molar-refractivity contribution in [1.29, 1.82) is 0 Å². The van der Waals surface area contributed by atoms with E-state index in [0.717, 1.165) is 23.1 Å². The first-order chi connectivity index (χ1) is 11.5. The molecule has 0 aliphatic heterocycles. The summed E-state index contributed by atoms with van der Waals surface area (Å²) in [5.41, 5.74) is 0.402. The molecule has 7 heteroatoms. The third-order valence-corrected chi connectivity index (χ3v) is 3.65. The molecule has 7 nitrogen and oxygen atoms in total. The van der Waals surface area contributed by atoms with Crippen LogP contribution in [0.5, 0.6) is 5.75 Å². The Morgan fingerprint density at radius 1 is 1.25 bits per heavy atom. The van der Waals surface area contributed by atoms with Crippen molar-refractivity contribution in [1.82, 2.24) is 5.32 Å². The second-order valence-corrected chi connectivity index (χ2v) is 5.34. The molecule has 2 aromatic carbocycles. The summed E-state index contributed by atoms with van der Waals surface area (Å²) in [6, 6.07) is 12.4. The minimum absolute atomic E-state index is 0.126. The number of amides is 1. The van der Waals surface area contributed by atoms with Crippen LogP contribution < -0.4 is 5.32 Å². The number of furan rings is 1. The monoisotopic (exact) mass is 326 g/mol. The van der Waals surface area contributed by atoms with Gasteiger partial charge in [-0.3, -0.25) is 14.9 Å². The highest BCUT2D eigenvalue weighted by atomic mass is 16.6. The van der Waals surface area contributed by atoms with Gasteiger partial charge in [-0.05, 0) is 31.2 Å². The second kappa shape index (κ2) is 6.04. The van der Waals surface area contributed by atoms with Gasteiger partial charge in [0.25, 0.3) is 5.91 Å². The van der Waals surface area contributed by atoms with Gasteiger partial charge in [-0.1, -0.05) is 18.2 Å². The Hall–Kier alpha value is -3.35. The lowest BCUT2D eigenvalue weighted by Crippen LogP contribution is -2.26. The van der Waals surface area contributed by atoms with Crippen LogP contribution in [-0.2, 0) is 0 Å². The lowest BCUT2D eigenvalue weighted by atomic mass is 10.1. The number of benzene rings is 2. The van der Waals surface area contributed by atoms with Crippen LogP contribution in [-0.4, -0.2) is 15.9 Å². The van der Waals surface area contributed by atoms with Crippen molar-refractivity contribution in [3.8, 4) is 5.75 Å². The fourth-order valence-corrected chi connectivity index (χ4v) is 2.39. The van der Waals surface area contributed by atoms with Gasteiger partial charge in [0.15, 0.2) is 5.75 Å². The Bertz CT molecular complexity index is 899. The highest BCUT2D eigenvalue weighted by molar-refractivity contribution is 5.95. The Kier molecular flexibility index (Phi) is 3.91. The maximum Gasteiger partial charge on any atom is 0.310 e. The number of rotatable bonds is 4. The fraction of sp³-hybridized carbons (Fsp3) is 0.118. The van der Waals surface area contributed by atoms with Crippen LogP contribution in [0.3, 0.4) is 0 Å². The Balaban J connectivity index is 1.78. The molecule has 0 fully saturated rings. The number of aromatic hydroxyl groups is 1. The summed E-state index contributed by atoms with van der Waals surface area (Å²) in [5.74, 6) is -0.423. The third-order valence-electron chi connectivity index (χ3n) is 3.65. The van der Waals surface area contributed by atoms with Crippen molar-refractivity contribution < 1.29 is 19.2 Å². The molecule has 3 rings (SSSR count). The molecular formula is C17H14N2O5. The molecule has 0 unspecified atom stereocenters. The van der Waals surface area contributed by atoms with E-state index in [2.05, 4.69) is 5.32 Å². The predicted molar refractivity (Wildman–Crippen MR) is 86.9 cm³/mol. The zero-order chi connectivity index (χ0) is 17.3. The maximum absolute atomic E-state index is 12.2. The number of para-hydroxylation sites is 1. The average molecular weight is 326 g/mol. The van der Waals surface area contributed by atoms with Crippen LogP contribution in [0.1, 0.15) is 29.1 Å². The number of nitrogens with one attached hydrogen (secondary N) is 1. The smallest absolute Gasteiger partial charge is 0.310 e. The van der Waals surface area contributed by atoms with Crippen molar-refractivity contribution >= 4 is 22.6 Å². The van der Waals surface area contributed by atoms with Gasteiger partial charge < -0.3 is 14.8 Å². The average Bonchev–Trinajstić information content (AvgIpc) is 2.98. The van der Waals surface area contributed by atoms with Gasteiger partial charge in [0, 0.05) is 17.0 Å². The maximum atomic E-state index is 12.2. The zero-order valence-electron chi connectivity index (χ0n) is 12.7. The molecule has 122 valence electrons. The molecule has 1 amide bonds. The van der Waals surface area contributed by atoms with Gasteiger partial charge in [0.2, 0.25) is 0 Å². The predicted octanol–water partition coefficient (Wildman–Crippen LogP) is 3.54. The highest BCUT2D eigenvalue weighted by Crippen LogP contribution is 2.27. The summed E-state index contributed by atoms with van der Waals surface area (Å²) in [4.78, 5) is 22.2. The van der Waals surface area contributed by atoms with Crippen LogP contribution in [0.2, 0.25) is 0 Å². The Morgan fingerprint density at radius 3 is 2.67 bits per heavy atom. The normalized spacial score (nSPS) is 12.0. The van der Waals surface area contributed by atoms with Crippen molar-refractivity contribution in [2.45, 2.75) is 13.0 Å². The number of phenolic OH excluding ortho intramolecular Hbond substituents is 1. The van der Waals surface area contributed by atoms with Gasteiger partial charge in [-0.2, -0.15) is 0 Å². The van der Waals surface area contributed by atoms with E-state index in [4.69, 9.17) is 4.42 Å². The van der Waals surface area contributed by atoms with Crippen LogP contribution in [0, 0.1) is 10.1 Å². The quantitative estimate of drug-likeness (QED) is 0.563. The van der Waals surface area contributed by atoms with Crippen LogP contribution in [0.4, 0.5) is 5.69 Å². The summed E-state index contributed by atoms with van der Waals surface area (Å²) in [5, 5.41) is 24.0. The molecule has 24 heavy (non-hydrogen) atoms. The van der Waals surface area contributed by atoms with E-state index >= 15 is 0 Å². The third kappa shape index (κ3) is 2.91. The zero-order valence-corrected chi connectivity index (χ0v) is 12.7. The van der Waals surface area contributed by atoms with Gasteiger partial charge in [-0.25, -0.2) is 0 Å². The molecule has 0 saturated heterocycles. The second-order valence-electron chi connectivity index (χ2n) is 5.34. The van der Waals surface area contributed by atoms with Crippen LogP contribution in [0.25, 0.3) is 11.0 Å². The van der Waals surface area contributed by atoms with Crippen molar-refractivity contribution in [2.24, 2.45) is 0 Å². The van der Waals surface area contributed by atoms with Crippen LogP contribution >= 0.6 is 0 Å². The molecule has 0 spiro atoms. The van der Waals surface area contributed by atoms with Gasteiger partial charge in [0.05, 0.1) is 11.0 Å². The van der Waals surface area contributed by atoms with E-state index in [1.807, 2.05) is 30.3 Å². The number of hydrogen-bond donors (Lipinski definition) is 2. The number of phenols is 1. The number of nitro groups is 1. The summed E-state index contributed by atoms with van der Waals surface area (Å²) >= 11 is 0. The number of hydrogen-bond acceptors (Lipinski definition) is 5. The van der Waals surface area contributed by atoms with E-state index in [9.17, 15) is 20.0 Å². The van der Waals surface area contributed by atoms with Gasteiger partial charge in [0.1, 0.15) is 11.3 Å². The first kappa shape index (κ1) is 15.5.